The van der Waals surface area contributed by atoms with Crippen LogP contribution >= 0.6 is 11.6 Å². The number of aliphatic hydroxyl groups excluding tert-OH is 1. The highest BCUT2D eigenvalue weighted by Crippen LogP contribution is 2.41. The van der Waals surface area contributed by atoms with Gasteiger partial charge in [0.15, 0.2) is 0 Å². The number of nitrogens with zero attached hydrogens (tertiary/aromatic N) is 4. The van der Waals surface area contributed by atoms with Crippen LogP contribution in [-0.4, -0.2) is 49.3 Å². The van der Waals surface area contributed by atoms with Crippen molar-refractivity contribution in [1.82, 2.24) is 14.5 Å². The van der Waals surface area contributed by atoms with Crippen LogP contribution in [0.25, 0.3) is 5.76 Å². The summed E-state index contributed by atoms with van der Waals surface area (Å²) in [5.74, 6) is -1.69. The van der Waals surface area contributed by atoms with E-state index >= 15 is 0 Å². The number of hydrogen-bond acceptors (Lipinski definition) is 7. The third-order valence-electron chi connectivity index (χ3n) is 5.82. The summed E-state index contributed by atoms with van der Waals surface area (Å²) < 4.78 is 7.26. The van der Waals surface area contributed by atoms with Crippen LogP contribution in [0.5, 0.6) is 5.75 Å². The Balaban J connectivity index is 1.77. The van der Waals surface area contributed by atoms with Gasteiger partial charge < -0.3 is 19.3 Å². The number of benzene rings is 2. The molecule has 2 aromatic carbocycles. The van der Waals surface area contributed by atoms with E-state index in [4.69, 9.17) is 16.3 Å². The lowest BCUT2D eigenvalue weighted by molar-refractivity contribution is -0.384. The minimum Gasteiger partial charge on any atom is -0.507 e. The second-order valence-corrected chi connectivity index (χ2v) is 8.48. The van der Waals surface area contributed by atoms with E-state index in [-0.39, 0.29) is 28.4 Å². The average Bonchev–Trinajstić information content (AvgIpc) is 3.47. The fraction of sp³-hybridized carbons (Fsp3) is 0.240. The lowest BCUT2D eigenvalue weighted by Crippen LogP contribution is -2.31. The number of halogens is 1. The smallest absolute Gasteiger partial charge is 0.295 e. The second kappa shape index (κ2) is 10.6. The Kier molecular flexibility index (Phi) is 7.35. The van der Waals surface area contributed by atoms with Crippen molar-refractivity contribution in [2.24, 2.45) is 0 Å². The molecule has 36 heavy (non-hydrogen) atoms. The summed E-state index contributed by atoms with van der Waals surface area (Å²) in [6.45, 7) is 2.91. The molecule has 0 aliphatic carbocycles. The first kappa shape index (κ1) is 24.9. The van der Waals surface area contributed by atoms with Crippen molar-refractivity contribution in [3.8, 4) is 5.75 Å². The van der Waals surface area contributed by atoms with Gasteiger partial charge in [0.2, 0.25) is 0 Å². The fourth-order valence-corrected chi connectivity index (χ4v) is 4.42. The van der Waals surface area contributed by atoms with Crippen LogP contribution in [0.2, 0.25) is 5.02 Å². The van der Waals surface area contributed by atoms with Crippen molar-refractivity contribution in [2.75, 3.05) is 13.2 Å². The number of amides is 1. The van der Waals surface area contributed by atoms with E-state index < -0.39 is 28.4 Å². The molecule has 0 bridgehead atoms. The van der Waals surface area contributed by atoms with Gasteiger partial charge in [0.25, 0.3) is 17.4 Å². The predicted molar refractivity (Wildman–Crippen MR) is 132 cm³/mol. The van der Waals surface area contributed by atoms with Gasteiger partial charge in [-0.15, -0.1) is 0 Å². The summed E-state index contributed by atoms with van der Waals surface area (Å²) in [6, 6.07) is 9.21. The first-order chi connectivity index (χ1) is 17.3. The van der Waals surface area contributed by atoms with Gasteiger partial charge in [0.05, 0.1) is 34.5 Å². The molecular formula is C25H23ClN4O6. The zero-order valence-corrected chi connectivity index (χ0v) is 20.1. The number of hydrogen-bond donors (Lipinski definition) is 1. The summed E-state index contributed by atoms with van der Waals surface area (Å²) in [6.07, 6.45) is 5.55. The zero-order chi connectivity index (χ0) is 25.8. The molecule has 0 spiro atoms. The predicted octanol–water partition coefficient (Wildman–Crippen LogP) is 4.36. The summed E-state index contributed by atoms with van der Waals surface area (Å²) in [5, 5.41) is 22.8. The maximum absolute atomic E-state index is 13.2. The topological polar surface area (TPSA) is 128 Å². The number of ketones is 1. The number of nitro groups is 1. The molecule has 1 N–H and O–H groups in total. The van der Waals surface area contributed by atoms with Gasteiger partial charge in [-0.1, -0.05) is 23.7 Å². The number of non-ortho nitro benzene ring substituents is 1. The standard InChI is InChI=1S/C25H23ClN4O6/c1-2-36-20-8-7-17(14-19(20)26)23(31)21-22(16-5-3-6-18(13-16)30(34)35)29(25(33)24(21)32)11-4-10-28-12-9-27-15-28/h3,5-9,12-15,22,31H,2,4,10-11H2,1H3/t22-/m1/s1. The lowest BCUT2D eigenvalue weighted by Gasteiger charge is -2.25. The number of aromatic nitrogens is 2. The number of likely N-dealkylation sites (tertiary alicyclic amines) is 1. The van der Waals surface area contributed by atoms with E-state index in [2.05, 4.69) is 4.98 Å². The van der Waals surface area contributed by atoms with Crippen molar-refractivity contribution >= 4 is 34.7 Å². The first-order valence-corrected chi connectivity index (χ1v) is 11.6. The molecule has 1 atom stereocenters. The minimum absolute atomic E-state index is 0.164. The third-order valence-corrected chi connectivity index (χ3v) is 6.11. The quantitative estimate of drug-likeness (QED) is 0.149. The summed E-state index contributed by atoms with van der Waals surface area (Å²) >= 11 is 6.28. The van der Waals surface area contributed by atoms with Crippen LogP contribution in [0, 0.1) is 10.1 Å². The summed E-state index contributed by atoms with van der Waals surface area (Å²) in [4.78, 5) is 42.4. The van der Waals surface area contributed by atoms with Crippen molar-refractivity contribution in [3.63, 3.8) is 0 Å². The molecule has 4 rings (SSSR count). The van der Waals surface area contributed by atoms with E-state index in [0.717, 1.165) is 0 Å². The zero-order valence-electron chi connectivity index (χ0n) is 19.3. The normalized spacial score (nSPS) is 16.9. The highest BCUT2D eigenvalue weighted by Gasteiger charge is 2.46. The van der Waals surface area contributed by atoms with Crippen molar-refractivity contribution < 1.29 is 24.4 Å². The van der Waals surface area contributed by atoms with Gasteiger partial charge in [-0.2, -0.15) is 0 Å². The van der Waals surface area contributed by atoms with E-state index in [1.165, 1.54) is 35.2 Å². The Morgan fingerprint density at radius 3 is 2.69 bits per heavy atom. The molecule has 186 valence electrons. The van der Waals surface area contributed by atoms with Gasteiger partial charge in [-0.3, -0.25) is 19.7 Å². The van der Waals surface area contributed by atoms with Gasteiger partial charge >= 0.3 is 0 Å². The van der Waals surface area contributed by atoms with E-state index in [9.17, 15) is 24.8 Å². The first-order valence-electron chi connectivity index (χ1n) is 11.2. The third kappa shape index (κ3) is 4.94. The Hall–Kier alpha value is -4.18. The Bertz CT molecular complexity index is 1340. The number of aryl methyl sites for hydroxylation is 1. The van der Waals surface area contributed by atoms with Crippen LogP contribution in [0.3, 0.4) is 0 Å². The molecule has 2 heterocycles. The average molecular weight is 511 g/mol. The Morgan fingerprint density at radius 2 is 2.03 bits per heavy atom. The summed E-state index contributed by atoms with van der Waals surface area (Å²) in [5.41, 5.74) is 0.198. The molecule has 0 radical (unpaired) electrons. The largest absolute Gasteiger partial charge is 0.507 e. The second-order valence-electron chi connectivity index (χ2n) is 8.08. The van der Waals surface area contributed by atoms with Crippen LogP contribution in [0.15, 0.2) is 66.8 Å². The molecule has 1 saturated heterocycles. The van der Waals surface area contributed by atoms with Gasteiger partial charge in [-0.05, 0) is 37.1 Å². The van der Waals surface area contributed by atoms with Crippen LogP contribution in [-0.2, 0) is 16.1 Å². The number of imidazole rings is 1. The molecule has 11 heteroatoms. The Labute approximate surface area is 211 Å². The molecule has 10 nitrogen and oxygen atoms in total. The van der Waals surface area contributed by atoms with Crippen LogP contribution in [0.4, 0.5) is 5.69 Å². The van der Waals surface area contributed by atoms with E-state index in [1.807, 2.05) is 4.57 Å². The molecule has 0 saturated carbocycles. The number of aliphatic hydroxyl groups is 1. The van der Waals surface area contributed by atoms with Crippen molar-refractivity contribution in [3.05, 3.63) is 93.0 Å². The minimum atomic E-state index is -1.02. The molecule has 3 aromatic rings. The number of carbonyl (C=O) groups is 2. The lowest BCUT2D eigenvalue weighted by atomic mass is 9.95. The molecule has 1 aromatic heterocycles. The fourth-order valence-electron chi connectivity index (χ4n) is 4.18. The number of carbonyl (C=O) groups excluding carboxylic acids is 2. The SMILES string of the molecule is CCOc1ccc(C(O)=C2C(=O)C(=O)N(CCCn3ccnc3)[C@@H]2c2cccc([N+](=O)[O-])c2)cc1Cl. The van der Waals surface area contributed by atoms with E-state index in [0.29, 0.717) is 30.9 Å². The monoisotopic (exact) mass is 510 g/mol. The highest BCUT2D eigenvalue weighted by atomic mass is 35.5. The summed E-state index contributed by atoms with van der Waals surface area (Å²) in [7, 11) is 0. The maximum atomic E-state index is 13.2. The number of rotatable bonds is 9. The molecule has 1 aliphatic rings. The molecule has 0 unspecified atom stereocenters. The maximum Gasteiger partial charge on any atom is 0.295 e. The van der Waals surface area contributed by atoms with Crippen LogP contribution in [0.1, 0.15) is 30.5 Å². The molecular weight excluding hydrogens is 488 g/mol. The molecule has 1 aliphatic heterocycles. The van der Waals surface area contributed by atoms with Crippen molar-refractivity contribution in [2.45, 2.75) is 25.9 Å². The highest BCUT2D eigenvalue weighted by molar-refractivity contribution is 6.46. The van der Waals surface area contributed by atoms with E-state index in [1.54, 1.807) is 37.8 Å². The molecule has 1 amide bonds. The Morgan fingerprint density at radius 1 is 1.22 bits per heavy atom. The van der Waals surface area contributed by atoms with Gasteiger partial charge in [0.1, 0.15) is 11.5 Å². The van der Waals surface area contributed by atoms with Gasteiger partial charge in [-0.25, -0.2) is 4.98 Å². The van der Waals surface area contributed by atoms with Gasteiger partial charge in [0, 0.05) is 43.2 Å². The number of Topliss-reactive ketones (excluding diaryl/α,β-unsaturated/α-hetero) is 1. The van der Waals surface area contributed by atoms with Crippen LogP contribution < -0.4 is 4.74 Å². The van der Waals surface area contributed by atoms with Crippen molar-refractivity contribution in [1.29, 1.82) is 0 Å². The number of ether oxygens (including phenoxy) is 1. The number of nitro benzene ring substituents is 1. The molecule has 1 fully saturated rings.